The number of hydrogen-bond donors (Lipinski definition) is 2. The Hall–Kier alpha value is -0.740. The van der Waals surface area contributed by atoms with Crippen molar-refractivity contribution in [1.82, 2.24) is 0 Å². The lowest BCUT2D eigenvalue weighted by atomic mass is 9.96. The Labute approximate surface area is 138 Å². The van der Waals surface area contributed by atoms with Gasteiger partial charge in [0, 0.05) is 22.2 Å². The molecular weight excluding hydrogens is 296 g/mol. The minimum Gasteiger partial charge on any atom is -0.389 e. The molecule has 0 radical (unpaired) electrons. The van der Waals surface area contributed by atoms with E-state index in [2.05, 4.69) is 37.4 Å². The molecule has 2 nitrogen and oxygen atoms in total. The van der Waals surface area contributed by atoms with Crippen LogP contribution in [-0.2, 0) is 0 Å². The summed E-state index contributed by atoms with van der Waals surface area (Å²) in [5.74, 6) is 1.73. The SMILES string of the molecule is CCSc1cccc(NC2CCCCCC2C)c1C(N)=S. The van der Waals surface area contributed by atoms with Crippen LogP contribution in [0.2, 0.25) is 0 Å². The first-order valence-corrected chi connectivity index (χ1v) is 9.35. The van der Waals surface area contributed by atoms with Crippen molar-refractivity contribution in [3.05, 3.63) is 23.8 Å². The van der Waals surface area contributed by atoms with Crippen molar-refractivity contribution < 1.29 is 0 Å². The van der Waals surface area contributed by atoms with Gasteiger partial charge in [-0.2, -0.15) is 0 Å². The maximum Gasteiger partial charge on any atom is 0.107 e. The predicted molar refractivity (Wildman–Crippen MR) is 98.4 cm³/mol. The van der Waals surface area contributed by atoms with Gasteiger partial charge in [-0.05, 0) is 36.6 Å². The van der Waals surface area contributed by atoms with Crippen molar-refractivity contribution in [3.8, 4) is 0 Å². The molecule has 0 aromatic heterocycles. The third-order valence-electron chi connectivity index (χ3n) is 4.27. The maximum atomic E-state index is 5.99. The van der Waals surface area contributed by atoms with Crippen LogP contribution in [0.25, 0.3) is 0 Å². The van der Waals surface area contributed by atoms with Gasteiger partial charge in [0.2, 0.25) is 0 Å². The standard InChI is InChI=1S/C17H26N2S2/c1-3-21-15-11-7-10-14(16(15)17(18)20)19-13-9-6-4-5-8-12(13)2/h7,10-13,19H,3-6,8-9H2,1-2H3,(H2,18,20). The summed E-state index contributed by atoms with van der Waals surface area (Å²) in [5, 5.41) is 3.74. The van der Waals surface area contributed by atoms with E-state index in [1.165, 1.54) is 37.0 Å². The molecule has 3 N–H and O–H groups in total. The molecule has 116 valence electrons. The zero-order chi connectivity index (χ0) is 15.2. The van der Waals surface area contributed by atoms with Crippen LogP contribution in [0.5, 0.6) is 0 Å². The normalized spacial score (nSPS) is 22.6. The zero-order valence-electron chi connectivity index (χ0n) is 13.0. The number of nitrogens with two attached hydrogens (primary N) is 1. The molecule has 0 heterocycles. The molecule has 0 amide bonds. The van der Waals surface area contributed by atoms with E-state index in [0.29, 0.717) is 16.9 Å². The molecule has 0 aliphatic heterocycles. The van der Waals surface area contributed by atoms with E-state index < -0.39 is 0 Å². The van der Waals surface area contributed by atoms with Crippen molar-refractivity contribution >= 4 is 34.7 Å². The van der Waals surface area contributed by atoms with E-state index in [9.17, 15) is 0 Å². The molecule has 1 aliphatic carbocycles. The highest BCUT2D eigenvalue weighted by Gasteiger charge is 2.21. The average Bonchev–Trinajstić information content (AvgIpc) is 2.64. The Balaban J connectivity index is 2.25. The quantitative estimate of drug-likeness (QED) is 0.463. The second-order valence-electron chi connectivity index (χ2n) is 5.84. The summed E-state index contributed by atoms with van der Waals surface area (Å²) < 4.78 is 0. The van der Waals surface area contributed by atoms with Crippen molar-refractivity contribution in [3.63, 3.8) is 0 Å². The lowest BCUT2D eigenvalue weighted by Gasteiger charge is -2.26. The number of nitrogens with one attached hydrogen (secondary N) is 1. The molecule has 0 saturated heterocycles. The summed E-state index contributed by atoms with van der Waals surface area (Å²) in [6.07, 6.45) is 6.57. The molecule has 1 aromatic carbocycles. The van der Waals surface area contributed by atoms with E-state index in [1.807, 2.05) is 0 Å². The Morgan fingerprint density at radius 2 is 2.10 bits per heavy atom. The molecule has 1 aliphatic rings. The monoisotopic (exact) mass is 322 g/mol. The third kappa shape index (κ3) is 4.36. The summed E-state index contributed by atoms with van der Waals surface area (Å²) >= 11 is 7.10. The van der Waals surface area contributed by atoms with Crippen molar-refractivity contribution in [1.29, 1.82) is 0 Å². The summed E-state index contributed by atoms with van der Waals surface area (Å²) in [4.78, 5) is 1.69. The molecule has 0 bridgehead atoms. The molecular formula is C17H26N2S2. The largest absolute Gasteiger partial charge is 0.389 e. The van der Waals surface area contributed by atoms with Crippen LogP contribution in [0.15, 0.2) is 23.1 Å². The van der Waals surface area contributed by atoms with Gasteiger partial charge in [-0.15, -0.1) is 11.8 Å². The highest BCUT2D eigenvalue weighted by molar-refractivity contribution is 7.99. The van der Waals surface area contributed by atoms with Gasteiger partial charge >= 0.3 is 0 Å². The fourth-order valence-electron chi connectivity index (χ4n) is 3.09. The molecule has 1 aromatic rings. The minimum absolute atomic E-state index is 0.496. The second-order valence-corrected chi connectivity index (χ2v) is 7.59. The molecule has 2 unspecified atom stereocenters. The summed E-state index contributed by atoms with van der Waals surface area (Å²) in [5.41, 5.74) is 8.13. The van der Waals surface area contributed by atoms with Crippen LogP contribution in [0.1, 0.15) is 51.5 Å². The van der Waals surface area contributed by atoms with Gasteiger partial charge in [-0.1, -0.05) is 51.4 Å². The Kier molecular flexibility index (Phi) is 6.37. The first-order valence-electron chi connectivity index (χ1n) is 7.95. The highest BCUT2D eigenvalue weighted by atomic mass is 32.2. The Morgan fingerprint density at radius 3 is 2.81 bits per heavy atom. The van der Waals surface area contributed by atoms with E-state index in [-0.39, 0.29) is 0 Å². The van der Waals surface area contributed by atoms with E-state index in [4.69, 9.17) is 18.0 Å². The van der Waals surface area contributed by atoms with E-state index in [1.54, 1.807) is 11.8 Å². The Morgan fingerprint density at radius 1 is 1.33 bits per heavy atom. The first kappa shape index (κ1) is 16.6. The fraction of sp³-hybridized carbons (Fsp3) is 0.588. The molecule has 2 rings (SSSR count). The van der Waals surface area contributed by atoms with Crippen molar-refractivity contribution in [2.24, 2.45) is 11.7 Å². The van der Waals surface area contributed by atoms with Crippen molar-refractivity contribution in [2.75, 3.05) is 11.1 Å². The molecule has 1 fully saturated rings. The van der Waals surface area contributed by atoms with Crippen LogP contribution >= 0.6 is 24.0 Å². The predicted octanol–water partition coefficient (Wildman–Crippen LogP) is 4.81. The average molecular weight is 323 g/mol. The lowest BCUT2D eigenvalue weighted by Crippen LogP contribution is -2.28. The fourth-order valence-corrected chi connectivity index (χ4v) is 4.22. The van der Waals surface area contributed by atoms with Gasteiger partial charge in [-0.25, -0.2) is 0 Å². The smallest absolute Gasteiger partial charge is 0.107 e. The van der Waals surface area contributed by atoms with E-state index in [0.717, 1.165) is 17.0 Å². The van der Waals surface area contributed by atoms with Crippen LogP contribution in [0.4, 0.5) is 5.69 Å². The van der Waals surface area contributed by atoms with Crippen molar-refractivity contribution in [2.45, 2.75) is 56.9 Å². The number of thioether (sulfide) groups is 1. The van der Waals surface area contributed by atoms with Crippen LogP contribution in [-0.4, -0.2) is 16.8 Å². The highest BCUT2D eigenvalue weighted by Crippen LogP contribution is 2.32. The van der Waals surface area contributed by atoms with Gasteiger partial charge in [0.05, 0.1) is 0 Å². The molecule has 0 spiro atoms. The minimum atomic E-state index is 0.496. The summed E-state index contributed by atoms with van der Waals surface area (Å²) in [6.45, 7) is 4.51. The van der Waals surface area contributed by atoms with Crippen LogP contribution in [0.3, 0.4) is 0 Å². The maximum absolute atomic E-state index is 5.99. The van der Waals surface area contributed by atoms with Gasteiger partial charge in [0.25, 0.3) is 0 Å². The number of anilines is 1. The molecule has 1 saturated carbocycles. The van der Waals surface area contributed by atoms with Crippen LogP contribution < -0.4 is 11.1 Å². The topological polar surface area (TPSA) is 38.0 Å². The van der Waals surface area contributed by atoms with Gasteiger partial charge in [0.15, 0.2) is 0 Å². The van der Waals surface area contributed by atoms with E-state index >= 15 is 0 Å². The van der Waals surface area contributed by atoms with Gasteiger partial charge in [0.1, 0.15) is 4.99 Å². The first-order chi connectivity index (χ1) is 10.1. The number of hydrogen-bond acceptors (Lipinski definition) is 3. The molecule has 4 heteroatoms. The third-order valence-corrected chi connectivity index (χ3v) is 5.42. The summed E-state index contributed by atoms with van der Waals surface area (Å²) in [6, 6.07) is 6.86. The van der Waals surface area contributed by atoms with Gasteiger partial charge in [-0.3, -0.25) is 0 Å². The van der Waals surface area contributed by atoms with Gasteiger partial charge < -0.3 is 11.1 Å². The number of thiocarbonyl (C=S) groups is 1. The zero-order valence-corrected chi connectivity index (χ0v) is 14.7. The molecule has 2 atom stereocenters. The lowest BCUT2D eigenvalue weighted by molar-refractivity contribution is 0.456. The number of benzene rings is 1. The summed E-state index contributed by atoms with van der Waals surface area (Å²) in [7, 11) is 0. The second kappa shape index (κ2) is 8.04. The Bertz CT molecular complexity index is 488. The van der Waals surface area contributed by atoms with Crippen LogP contribution in [0, 0.1) is 5.92 Å². The number of rotatable bonds is 5. The molecule has 21 heavy (non-hydrogen) atoms.